The molecule has 0 aromatic rings. The average Bonchev–Trinajstić information content (AvgIpc) is 3.26. The molecule has 2 fully saturated rings. The van der Waals surface area contributed by atoms with Crippen molar-refractivity contribution in [3.05, 3.63) is 48.7 Å². The molecule has 2 rings (SSSR count). The molecule has 2 unspecified atom stereocenters. The Balaban J connectivity index is 1.89. The lowest BCUT2D eigenvalue weighted by atomic mass is 9.85. The van der Waals surface area contributed by atoms with E-state index >= 15 is 0 Å². The topological polar surface area (TPSA) is 38.8 Å². The van der Waals surface area contributed by atoms with Gasteiger partial charge in [0.05, 0.1) is 0 Å². The van der Waals surface area contributed by atoms with Crippen LogP contribution in [0.2, 0.25) is 0 Å². The first-order valence-corrected chi connectivity index (χ1v) is 13.7. The SMILES string of the molecule is C=C/C(=C\C=C(/C)N1CCC(C)(CCN(CC)CC2CCN(C)CC2)C1)C(C=C)CCC(=O)NC. The van der Waals surface area contributed by atoms with Crippen LogP contribution in [0.1, 0.15) is 59.3 Å². The Bertz CT molecular complexity index is 749. The van der Waals surface area contributed by atoms with Gasteiger partial charge in [-0.25, -0.2) is 0 Å². The molecule has 35 heavy (non-hydrogen) atoms. The van der Waals surface area contributed by atoms with Crippen molar-refractivity contribution in [2.45, 2.75) is 59.3 Å². The van der Waals surface area contributed by atoms with E-state index in [4.69, 9.17) is 0 Å². The van der Waals surface area contributed by atoms with Gasteiger partial charge in [0.25, 0.3) is 0 Å². The maximum atomic E-state index is 11.7. The molecule has 5 heteroatoms. The maximum Gasteiger partial charge on any atom is 0.219 e. The normalized spacial score (nSPS) is 23.5. The van der Waals surface area contributed by atoms with Crippen LogP contribution in [0.25, 0.3) is 0 Å². The first-order valence-electron chi connectivity index (χ1n) is 13.7. The van der Waals surface area contributed by atoms with E-state index in [-0.39, 0.29) is 11.8 Å². The van der Waals surface area contributed by atoms with Gasteiger partial charge < -0.3 is 20.0 Å². The van der Waals surface area contributed by atoms with Gasteiger partial charge in [-0.1, -0.05) is 38.7 Å². The van der Waals surface area contributed by atoms with Crippen molar-refractivity contribution in [2.75, 3.05) is 59.9 Å². The molecule has 2 aliphatic heterocycles. The van der Waals surface area contributed by atoms with Gasteiger partial charge in [0, 0.05) is 44.7 Å². The fourth-order valence-corrected chi connectivity index (χ4v) is 5.44. The summed E-state index contributed by atoms with van der Waals surface area (Å²) >= 11 is 0. The average molecular weight is 485 g/mol. The number of nitrogens with one attached hydrogen (secondary N) is 1. The largest absolute Gasteiger partial charge is 0.374 e. The third-order valence-corrected chi connectivity index (χ3v) is 8.32. The number of allylic oxidation sites excluding steroid dienone is 6. The number of hydrogen-bond donors (Lipinski definition) is 1. The minimum Gasteiger partial charge on any atom is -0.374 e. The predicted octanol–water partition coefficient (Wildman–Crippen LogP) is 5.10. The van der Waals surface area contributed by atoms with Gasteiger partial charge in [0.2, 0.25) is 5.91 Å². The van der Waals surface area contributed by atoms with Crippen molar-refractivity contribution in [2.24, 2.45) is 17.3 Å². The molecule has 2 saturated heterocycles. The third kappa shape index (κ3) is 9.61. The van der Waals surface area contributed by atoms with Crippen LogP contribution in [0.4, 0.5) is 0 Å². The zero-order chi connectivity index (χ0) is 25.8. The van der Waals surface area contributed by atoms with E-state index in [9.17, 15) is 4.79 Å². The molecule has 0 radical (unpaired) electrons. The quantitative estimate of drug-likeness (QED) is 0.275. The standard InChI is InChI=1S/C30H52N4O/c1-8-27(28(9-2)13-14-29(35)31-6)12-11-25(4)34-22-18-30(5,24-34)17-21-33(10-3)23-26-15-19-32(7)20-16-26/h8-9,11-12,26,28H,1-2,10,13-24H2,3-7H3,(H,31,35)/b25-11+,27-12+. The zero-order valence-electron chi connectivity index (χ0n) is 23.3. The number of carbonyl (C=O) groups excluding carboxylic acids is 1. The van der Waals surface area contributed by atoms with Crippen molar-refractivity contribution >= 4 is 5.91 Å². The number of piperidine rings is 1. The van der Waals surface area contributed by atoms with Gasteiger partial charge in [-0.05, 0) is 95.2 Å². The Hall–Kier alpha value is -1.85. The lowest BCUT2D eigenvalue weighted by Crippen LogP contribution is -2.38. The summed E-state index contributed by atoms with van der Waals surface area (Å²) in [5.74, 6) is 1.07. The van der Waals surface area contributed by atoms with E-state index in [1.807, 2.05) is 12.2 Å². The van der Waals surface area contributed by atoms with Gasteiger partial charge in [0.15, 0.2) is 0 Å². The predicted molar refractivity (Wildman–Crippen MR) is 150 cm³/mol. The Morgan fingerprint density at radius 3 is 2.54 bits per heavy atom. The molecule has 5 nitrogen and oxygen atoms in total. The van der Waals surface area contributed by atoms with Crippen molar-refractivity contribution < 1.29 is 4.79 Å². The molecular formula is C30H52N4O. The summed E-state index contributed by atoms with van der Waals surface area (Å²) < 4.78 is 0. The molecule has 0 saturated carbocycles. The summed E-state index contributed by atoms with van der Waals surface area (Å²) in [5, 5.41) is 2.70. The molecule has 0 bridgehead atoms. The lowest BCUT2D eigenvalue weighted by Gasteiger charge is -2.34. The molecular weight excluding hydrogens is 432 g/mol. The minimum atomic E-state index is 0.0660. The van der Waals surface area contributed by atoms with Crippen molar-refractivity contribution in [3.63, 3.8) is 0 Å². The maximum absolute atomic E-state index is 11.7. The van der Waals surface area contributed by atoms with Crippen molar-refractivity contribution in [3.8, 4) is 0 Å². The second-order valence-corrected chi connectivity index (χ2v) is 11.1. The van der Waals surface area contributed by atoms with E-state index in [0.717, 1.165) is 37.5 Å². The number of rotatable bonds is 14. The molecule has 2 aliphatic rings. The van der Waals surface area contributed by atoms with Gasteiger partial charge in [-0.2, -0.15) is 0 Å². The first-order chi connectivity index (χ1) is 16.7. The van der Waals surface area contributed by atoms with Gasteiger partial charge in [0.1, 0.15) is 0 Å². The highest BCUT2D eigenvalue weighted by atomic mass is 16.1. The number of likely N-dealkylation sites (tertiary alicyclic amines) is 2. The van der Waals surface area contributed by atoms with E-state index in [2.05, 4.69) is 73.1 Å². The number of carbonyl (C=O) groups is 1. The van der Waals surface area contributed by atoms with Crippen LogP contribution >= 0.6 is 0 Å². The van der Waals surface area contributed by atoms with Gasteiger partial charge in [-0.3, -0.25) is 4.79 Å². The summed E-state index contributed by atoms with van der Waals surface area (Å²) in [5.41, 5.74) is 2.80. The number of amides is 1. The molecule has 0 aliphatic carbocycles. The van der Waals surface area contributed by atoms with E-state index < -0.39 is 0 Å². The lowest BCUT2D eigenvalue weighted by molar-refractivity contribution is -0.120. The highest BCUT2D eigenvalue weighted by Crippen LogP contribution is 2.35. The summed E-state index contributed by atoms with van der Waals surface area (Å²) in [6, 6.07) is 0. The highest BCUT2D eigenvalue weighted by Gasteiger charge is 2.34. The Labute approximate surface area is 216 Å². The van der Waals surface area contributed by atoms with Gasteiger partial charge in [-0.15, -0.1) is 6.58 Å². The highest BCUT2D eigenvalue weighted by molar-refractivity contribution is 5.75. The van der Waals surface area contributed by atoms with Crippen molar-refractivity contribution in [1.82, 2.24) is 20.0 Å². The summed E-state index contributed by atoms with van der Waals surface area (Å²) in [6.45, 7) is 23.4. The fourth-order valence-electron chi connectivity index (χ4n) is 5.44. The second-order valence-electron chi connectivity index (χ2n) is 11.1. The number of nitrogens with zero attached hydrogens (tertiary/aromatic N) is 3. The molecule has 1 amide bonds. The first kappa shape index (κ1) is 29.4. The van der Waals surface area contributed by atoms with Crippen LogP contribution < -0.4 is 5.32 Å². The molecule has 0 aromatic heterocycles. The molecule has 2 heterocycles. The number of hydrogen-bond acceptors (Lipinski definition) is 4. The Morgan fingerprint density at radius 1 is 1.23 bits per heavy atom. The summed E-state index contributed by atoms with van der Waals surface area (Å²) in [4.78, 5) is 19.4. The van der Waals surface area contributed by atoms with Crippen LogP contribution in [0, 0.1) is 17.3 Å². The van der Waals surface area contributed by atoms with E-state index in [1.54, 1.807) is 7.05 Å². The third-order valence-electron chi connectivity index (χ3n) is 8.32. The van der Waals surface area contributed by atoms with Crippen molar-refractivity contribution in [1.29, 1.82) is 0 Å². The van der Waals surface area contributed by atoms with E-state index in [0.29, 0.717) is 11.8 Å². The Morgan fingerprint density at radius 2 is 1.94 bits per heavy atom. The van der Waals surface area contributed by atoms with E-state index in [1.165, 1.54) is 57.6 Å². The fraction of sp³-hybridized carbons (Fsp3) is 0.700. The minimum absolute atomic E-state index is 0.0660. The van der Waals surface area contributed by atoms with Crippen LogP contribution in [0.3, 0.4) is 0 Å². The Kier molecular flexibility index (Phi) is 12.3. The molecule has 1 N–H and O–H groups in total. The monoisotopic (exact) mass is 484 g/mol. The molecule has 198 valence electrons. The van der Waals surface area contributed by atoms with Crippen LogP contribution in [0.5, 0.6) is 0 Å². The smallest absolute Gasteiger partial charge is 0.219 e. The van der Waals surface area contributed by atoms with Crippen LogP contribution in [-0.2, 0) is 4.79 Å². The molecule has 2 atom stereocenters. The molecule has 0 aromatic carbocycles. The van der Waals surface area contributed by atoms with Crippen LogP contribution in [0.15, 0.2) is 48.7 Å². The summed E-state index contributed by atoms with van der Waals surface area (Å²) in [7, 11) is 3.93. The van der Waals surface area contributed by atoms with Gasteiger partial charge >= 0.3 is 0 Å². The second kappa shape index (κ2) is 14.6. The molecule has 0 spiro atoms. The van der Waals surface area contributed by atoms with Crippen LogP contribution in [-0.4, -0.2) is 80.5 Å². The zero-order valence-corrected chi connectivity index (χ0v) is 23.3. The summed E-state index contributed by atoms with van der Waals surface area (Å²) in [6.07, 6.45) is 14.7.